The van der Waals surface area contributed by atoms with Crippen LogP contribution in [0.15, 0.2) is 24.3 Å². The zero-order chi connectivity index (χ0) is 11.4. The number of nitrogens with zero attached hydrogens (tertiary/aromatic N) is 1. The van der Waals surface area contributed by atoms with Crippen molar-refractivity contribution in [2.45, 2.75) is 31.9 Å². The standard InChI is InChI=1S/C13H16N2O/c1-2-11(8-14)15-9-12-7-10-5-3-4-6-13(10)16-12/h3-6,11-12,15H,2,7,9H2,1H3. The third-order valence-corrected chi connectivity index (χ3v) is 2.87. The third-order valence-electron chi connectivity index (χ3n) is 2.87. The topological polar surface area (TPSA) is 45.0 Å². The Morgan fingerprint density at radius 1 is 1.56 bits per heavy atom. The summed E-state index contributed by atoms with van der Waals surface area (Å²) in [4.78, 5) is 0. The maximum absolute atomic E-state index is 8.82. The first-order chi connectivity index (χ1) is 7.83. The highest BCUT2D eigenvalue weighted by Gasteiger charge is 2.22. The zero-order valence-electron chi connectivity index (χ0n) is 9.44. The second-order valence-corrected chi connectivity index (χ2v) is 4.05. The van der Waals surface area contributed by atoms with Crippen molar-refractivity contribution in [1.82, 2.24) is 5.32 Å². The molecule has 1 N–H and O–H groups in total. The average molecular weight is 216 g/mol. The van der Waals surface area contributed by atoms with Crippen molar-refractivity contribution in [3.63, 3.8) is 0 Å². The predicted octanol–water partition coefficient (Wildman–Crippen LogP) is 1.88. The van der Waals surface area contributed by atoms with Gasteiger partial charge in [-0.2, -0.15) is 5.26 Å². The second-order valence-electron chi connectivity index (χ2n) is 4.05. The Labute approximate surface area is 96.0 Å². The van der Waals surface area contributed by atoms with Crippen LogP contribution in [-0.4, -0.2) is 18.7 Å². The lowest BCUT2D eigenvalue weighted by Crippen LogP contribution is -2.36. The van der Waals surface area contributed by atoms with Crippen molar-refractivity contribution in [1.29, 1.82) is 5.26 Å². The lowest BCUT2D eigenvalue weighted by atomic mass is 10.1. The van der Waals surface area contributed by atoms with Gasteiger partial charge in [-0.25, -0.2) is 0 Å². The normalized spacial score (nSPS) is 19.6. The van der Waals surface area contributed by atoms with E-state index in [4.69, 9.17) is 10.00 Å². The zero-order valence-corrected chi connectivity index (χ0v) is 9.44. The summed E-state index contributed by atoms with van der Waals surface area (Å²) in [5.41, 5.74) is 1.26. The third kappa shape index (κ3) is 2.34. The number of para-hydroxylation sites is 1. The van der Waals surface area contributed by atoms with Crippen molar-refractivity contribution in [2.24, 2.45) is 0 Å². The molecule has 2 unspecified atom stereocenters. The molecular weight excluding hydrogens is 200 g/mol. The fraction of sp³-hybridized carbons (Fsp3) is 0.462. The Balaban J connectivity index is 1.86. The first-order valence-electron chi connectivity index (χ1n) is 5.71. The van der Waals surface area contributed by atoms with Gasteiger partial charge in [-0.15, -0.1) is 0 Å². The van der Waals surface area contributed by atoms with Gasteiger partial charge in [0.1, 0.15) is 11.9 Å². The molecule has 0 radical (unpaired) electrons. The molecule has 2 rings (SSSR count). The van der Waals surface area contributed by atoms with Crippen LogP contribution in [0.5, 0.6) is 5.75 Å². The first-order valence-corrected chi connectivity index (χ1v) is 5.71. The predicted molar refractivity (Wildman–Crippen MR) is 62.3 cm³/mol. The molecule has 0 aromatic heterocycles. The van der Waals surface area contributed by atoms with E-state index in [1.165, 1.54) is 5.56 Å². The van der Waals surface area contributed by atoms with Gasteiger partial charge >= 0.3 is 0 Å². The molecule has 0 saturated carbocycles. The highest BCUT2D eigenvalue weighted by Crippen LogP contribution is 2.27. The minimum Gasteiger partial charge on any atom is -0.488 e. The van der Waals surface area contributed by atoms with Crippen molar-refractivity contribution in [2.75, 3.05) is 6.54 Å². The molecule has 84 valence electrons. The molecule has 0 aliphatic carbocycles. The minimum atomic E-state index is -0.0627. The van der Waals surface area contributed by atoms with Gasteiger partial charge in [-0.05, 0) is 18.1 Å². The van der Waals surface area contributed by atoms with Crippen LogP contribution in [0.25, 0.3) is 0 Å². The maximum Gasteiger partial charge on any atom is 0.123 e. The van der Waals surface area contributed by atoms with E-state index in [1.54, 1.807) is 0 Å². The van der Waals surface area contributed by atoms with Crippen molar-refractivity contribution >= 4 is 0 Å². The molecule has 1 aliphatic heterocycles. The molecule has 1 aliphatic rings. The van der Waals surface area contributed by atoms with Gasteiger partial charge in [0.2, 0.25) is 0 Å². The fourth-order valence-electron chi connectivity index (χ4n) is 1.92. The SMILES string of the molecule is CCC(C#N)NCC1Cc2ccccc2O1. The highest BCUT2D eigenvalue weighted by molar-refractivity contribution is 5.37. The molecule has 0 fully saturated rings. The summed E-state index contributed by atoms with van der Waals surface area (Å²) in [6, 6.07) is 10.3. The van der Waals surface area contributed by atoms with Crippen LogP contribution in [0.1, 0.15) is 18.9 Å². The number of benzene rings is 1. The van der Waals surface area contributed by atoms with E-state index in [0.29, 0.717) is 0 Å². The van der Waals surface area contributed by atoms with E-state index < -0.39 is 0 Å². The molecule has 1 heterocycles. The Kier molecular flexibility index (Phi) is 3.43. The summed E-state index contributed by atoms with van der Waals surface area (Å²) in [7, 11) is 0. The van der Waals surface area contributed by atoms with Gasteiger partial charge in [0.05, 0.1) is 12.1 Å². The molecule has 2 atom stereocenters. The van der Waals surface area contributed by atoms with Crippen LogP contribution in [0.2, 0.25) is 0 Å². The molecule has 16 heavy (non-hydrogen) atoms. The first kappa shape index (κ1) is 11.0. The molecule has 3 heteroatoms. The van der Waals surface area contributed by atoms with Crippen molar-refractivity contribution in [3.8, 4) is 11.8 Å². The van der Waals surface area contributed by atoms with Gasteiger partial charge in [-0.1, -0.05) is 25.1 Å². The molecular formula is C13H16N2O. The van der Waals surface area contributed by atoms with E-state index in [2.05, 4.69) is 17.5 Å². The smallest absolute Gasteiger partial charge is 0.123 e. The van der Waals surface area contributed by atoms with Crippen LogP contribution in [0.4, 0.5) is 0 Å². The Morgan fingerprint density at radius 3 is 3.06 bits per heavy atom. The second kappa shape index (κ2) is 5.00. The van der Waals surface area contributed by atoms with Gasteiger partial charge in [0.15, 0.2) is 0 Å². The lowest BCUT2D eigenvalue weighted by molar-refractivity contribution is 0.224. The van der Waals surface area contributed by atoms with Crippen LogP contribution in [0, 0.1) is 11.3 Å². The molecule has 0 saturated heterocycles. The Hall–Kier alpha value is -1.53. The number of ether oxygens (including phenoxy) is 1. The lowest BCUT2D eigenvalue weighted by Gasteiger charge is -2.14. The van der Waals surface area contributed by atoms with Gasteiger partial charge in [-0.3, -0.25) is 5.32 Å². The van der Waals surface area contributed by atoms with E-state index in [-0.39, 0.29) is 12.1 Å². The number of nitrogens with one attached hydrogen (secondary N) is 1. The average Bonchev–Trinajstić information content (AvgIpc) is 2.73. The summed E-state index contributed by atoms with van der Waals surface area (Å²) in [6.45, 7) is 2.74. The van der Waals surface area contributed by atoms with E-state index in [0.717, 1.165) is 25.1 Å². The summed E-state index contributed by atoms with van der Waals surface area (Å²) in [5.74, 6) is 0.985. The number of nitriles is 1. The number of hydrogen-bond acceptors (Lipinski definition) is 3. The summed E-state index contributed by atoms with van der Waals surface area (Å²) in [6.07, 6.45) is 1.93. The highest BCUT2D eigenvalue weighted by atomic mass is 16.5. The van der Waals surface area contributed by atoms with E-state index >= 15 is 0 Å². The Bertz CT molecular complexity index is 372. The van der Waals surface area contributed by atoms with Crippen LogP contribution < -0.4 is 10.1 Å². The molecule has 1 aromatic rings. The van der Waals surface area contributed by atoms with Crippen LogP contribution in [-0.2, 0) is 6.42 Å². The van der Waals surface area contributed by atoms with Crippen molar-refractivity contribution < 1.29 is 4.74 Å². The molecule has 3 nitrogen and oxygen atoms in total. The number of rotatable bonds is 4. The quantitative estimate of drug-likeness (QED) is 0.835. The largest absolute Gasteiger partial charge is 0.488 e. The van der Waals surface area contributed by atoms with Gasteiger partial charge in [0, 0.05) is 13.0 Å². The molecule has 0 spiro atoms. The molecule has 0 bridgehead atoms. The van der Waals surface area contributed by atoms with Crippen LogP contribution >= 0.6 is 0 Å². The fourth-order valence-corrected chi connectivity index (χ4v) is 1.92. The summed E-state index contributed by atoms with van der Waals surface area (Å²) in [5, 5.41) is 12.0. The van der Waals surface area contributed by atoms with Crippen LogP contribution in [0.3, 0.4) is 0 Å². The summed E-state index contributed by atoms with van der Waals surface area (Å²) < 4.78 is 5.77. The minimum absolute atomic E-state index is 0.0627. The summed E-state index contributed by atoms with van der Waals surface area (Å²) >= 11 is 0. The van der Waals surface area contributed by atoms with Gasteiger partial charge in [0.25, 0.3) is 0 Å². The van der Waals surface area contributed by atoms with E-state index in [9.17, 15) is 0 Å². The Morgan fingerprint density at radius 2 is 2.38 bits per heavy atom. The monoisotopic (exact) mass is 216 g/mol. The van der Waals surface area contributed by atoms with Gasteiger partial charge < -0.3 is 4.74 Å². The molecule has 1 aromatic carbocycles. The molecule has 0 amide bonds. The van der Waals surface area contributed by atoms with Crippen molar-refractivity contribution in [3.05, 3.63) is 29.8 Å². The van der Waals surface area contributed by atoms with E-state index in [1.807, 2.05) is 25.1 Å². The number of fused-ring (bicyclic) bond motifs is 1. The number of hydrogen-bond donors (Lipinski definition) is 1. The maximum atomic E-state index is 8.82.